The number of hydrogen-bond donors (Lipinski definition) is 2. The Kier molecular flexibility index (Phi) is 3.95. The van der Waals surface area contributed by atoms with Gasteiger partial charge in [0.2, 0.25) is 0 Å². The fourth-order valence-corrected chi connectivity index (χ4v) is 2.26. The lowest BCUT2D eigenvalue weighted by molar-refractivity contribution is -0.0627. The summed E-state index contributed by atoms with van der Waals surface area (Å²) in [6.45, 7) is 1.46. The summed E-state index contributed by atoms with van der Waals surface area (Å²) in [6, 6.07) is 4.46. The van der Waals surface area contributed by atoms with E-state index in [1.54, 1.807) is 19.9 Å². The Balaban J connectivity index is 2.74. The molecule has 2 N–H and O–H groups in total. The van der Waals surface area contributed by atoms with E-state index in [1.165, 1.54) is 16.7 Å². The molecule has 0 radical (unpaired) electrons. The Hall–Kier alpha value is -2.02. The van der Waals surface area contributed by atoms with E-state index in [-0.39, 0.29) is 17.0 Å². The van der Waals surface area contributed by atoms with Crippen LogP contribution in [-0.2, 0) is 6.54 Å². The quantitative estimate of drug-likeness (QED) is 0.889. The lowest BCUT2D eigenvalue weighted by Gasteiger charge is -2.18. The molecule has 0 aliphatic rings. The fraction of sp³-hybridized carbons (Fsp3) is 0.429. The topological polar surface area (TPSA) is 75.3 Å². The first-order valence-corrected chi connectivity index (χ1v) is 6.48. The molecule has 0 spiro atoms. The molecule has 0 amide bonds. The highest BCUT2D eigenvalue weighted by Gasteiger charge is 2.32. The second-order valence-electron chi connectivity index (χ2n) is 5.20. The van der Waals surface area contributed by atoms with Crippen molar-refractivity contribution < 1.29 is 23.8 Å². The molecule has 0 aliphatic heterocycles. The van der Waals surface area contributed by atoms with Crippen LogP contribution in [0.2, 0.25) is 0 Å². The standard InChI is InChI=1S/C14H16F2N2O3/c1-8(2)12-17-10-5-3-4-9(13(20)21)11(10)18(12)6-14(15,16)7-19/h3-5,8,19H,6-7H2,1-2H3,(H,20,21). The molecular formula is C14H16F2N2O3. The average molecular weight is 298 g/mol. The van der Waals surface area contributed by atoms with Gasteiger partial charge in [-0.25, -0.2) is 18.6 Å². The number of benzene rings is 1. The van der Waals surface area contributed by atoms with Crippen LogP contribution in [0.5, 0.6) is 0 Å². The van der Waals surface area contributed by atoms with E-state index in [4.69, 9.17) is 5.11 Å². The highest BCUT2D eigenvalue weighted by molar-refractivity contribution is 6.01. The Labute approximate surface area is 119 Å². The highest BCUT2D eigenvalue weighted by Crippen LogP contribution is 2.28. The number of rotatable bonds is 5. The first-order valence-electron chi connectivity index (χ1n) is 6.48. The number of halogens is 2. The van der Waals surface area contributed by atoms with Gasteiger partial charge in [0.15, 0.2) is 0 Å². The summed E-state index contributed by atoms with van der Waals surface area (Å²) >= 11 is 0. The minimum atomic E-state index is -3.34. The maximum atomic E-state index is 13.6. The lowest BCUT2D eigenvalue weighted by atomic mass is 10.1. The fourth-order valence-electron chi connectivity index (χ4n) is 2.26. The van der Waals surface area contributed by atoms with Crippen LogP contribution >= 0.6 is 0 Å². The minimum absolute atomic E-state index is 0.0827. The predicted molar refractivity (Wildman–Crippen MR) is 72.8 cm³/mol. The number of fused-ring (bicyclic) bond motifs is 1. The van der Waals surface area contributed by atoms with Gasteiger partial charge in [-0.3, -0.25) is 0 Å². The molecule has 114 valence electrons. The number of carboxylic acids is 1. The van der Waals surface area contributed by atoms with Gasteiger partial charge in [0.05, 0.1) is 23.1 Å². The van der Waals surface area contributed by atoms with Gasteiger partial charge in [0.1, 0.15) is 12.4 Å². The molecule has 0 aliphatic carbocycles. The molecule has 0 unspecified atom stereocenters. The molecule has 2 aromatic rings. The Bertz CT molecular complexity index is 680. The van der Waals surface area contributed by atoms with Crippen LogP contribution < -0.4 is 0 Å². The summed E-state index contributed by atoms with van der Waals surface area (Å²) in [5, 5.41) is 18.0. The maximum absolute atomic E-state index is 13.6. The van der Waals surface area contributed by atoms with Crippen molar-refractivity contribution in [3.8, 4) is 0 Å². The van der Waals surface area contributed by atoms with Crippen molar-refractivity contribution in [1.29, 1.82) is 0 Å². The molecule has 0 saturated heterocycles. The number of aliphatic hydroxyl groups is 1. The number of aromatic nitrogens is 2. The summed E-state index contributed by atoms with van der Waals surface area (Å²) in [6.07, 6.45) is 0. The third kappa shape index (κ3) is 2.87. The second kappa shape index (κ2) is 5.40. The van der Waals surface area contributed by atoms with Gasteiger partial charge in [0, 0.05) is 5.92 Å². The van der Waals surface area contributed by atoms with Crippen LogP contribution in [0.15, 0.2) is 18.2 Å². The lowest BCUT2D eigenvalue weighted by Crippen LogP contribution is -2.29. The molecule has 2 rings (SSSR count). The summed E-state index contributed by atoms with van der Waals surface area (Å²) < 4.78 is 28.3. The summed E-state index contributed by atoms with van der Waals surface area (Å²) in [4.78, 5) is 15.6. The number of hydrogen-bond acceptors (Lipinski definition) is 3. The molecule has 21 heavy (non-hydrogen) atoms. The van der Waals surface area contributed by atoms with Crippen LogP contribution in [0.3, 0.4) is 0 Å². The zero-order valence-electron chi connectivity index (χ0n) is 11.7. The SMILES string of the molecule is CC(C)c1nc2cccc(C(=O)O)c2n1CC(F)(F)CO. The monoisotopic (exact) mass is 298 g/mol. The number of aliphatic hydroxyl groups excluding tert-OH is 1. The van der Waals surface area contributed by atoms with Crippen molar-refractivity contribution in [2.24, 2.45) is 0 Å². The van der Waals surface area contributed by atoms with Crippen LogP contribution in [0.25, 0.3) is 11.0 Å². The van der Waals surface area contributed by atoms with Crippen LogP contribution in [0.4, 0.5) is 8.78 Å². The number of carbonyl (C=O) groups is 1. The summed E-state index contributed by atoms with van der Waals surface area (Å²) in [5.41, 5.74) is 0.426. The van der Waals surface area contributed by atoms with Gasteiger partial charge < -0.3 is 14.8 Å². The van der Waals surface area contributed by atoms with Crippen molar-refractivity contribution in [1.82, 2.24) is 9.55 Å². The van der Waals surface area contributed by atoms with E-state index in [0.717, 1.165) is 0 Å². The van der Waals surface area contributed by atoms with Crippen molar-refractivity contribution in [3.63, 3.8) is 0 Å². The third-order valence-corrected chi connectivity index (χ3v) is 3.16. The molecule has 1 aromatic carbocycles. The van der Waals surface area contributed by atoms with E-state index in [9.17, 15) is 18.7 Å². The predicted octanol–water partition coefficient (Wildman–Crippen LogP) is 2.49. The van der Waals surface area contributed by atoms with Crippen LogP contribution in [0.1, 0.15) is 35.9 Å². The molecule has 1 heterocycles. The maximum Gasteiger partial charge on any atom is 0.337 e. The van der Waals surface area contributed by atoms with Gasteiger partial charge in [-0.1, -0.05) is 19.9 Å². The van der Waals surface area contributed by atoms with Gasteiger partial charge in [0.25, 0.3) is 5.92 Å². The molecule has 5 nitrogen and oxygen atoms in total. The normalized spacial score (nSPS) is 12.3. The van der Waals surface area contributed by atoms with Gasteiger partial charge in [-0.2, -0.15) is 0 Å². The van der Waals surface area contributed by atoms with E-state index in [0.29, 0.717) is 11.3 Å². The molecule has 0 atom stereocenters. The molecule has 7 heteroatoms. The number of alkyl halides is 2. The van der Waals surface area contributed by atoms with E-state index in [2.05, 4.69) is 4.98 Å². The molecule has 0 bridgehead atoms. The van der Waals surface area contributed by atoms with Crippen LogP contribution in [-0.4, -0.2) is 38.3 Å². The zero-order chi connectivity index (χ0) is 15.8. The number of imidazole rings is 1. The van der Waals surface area contributed by atoms with Gasteiger partial charge >= 0.3 is 5.97 Å². The van der Waals surface area contributed by atoms with Crippen LogP contribution in [0, 0.1) is 0 Å². The molecule has 0 saturated carbocycles. The molecule has 0 fully saturated rings. The Morgan fingerprint density at radius 3 is 2.62 bits per heavy atom. The number of carboxylic acid groups (broad SMARTS) is 1. The molecular weight excluding hydrogens is 282 g/mol. The highest BCUT2D eigenvalue weighted by atomic mass is 19.3. The first kappa shape index (κ1) is 15.4. The number of para-hydroxylation sites is 1. The Morgan fingerprint density at radius 2 is 2.10 bits per heavy atom. The van der Waals surface area contributed by atoms with Crippen molar-refractivity contribution >= 4 is 17.0 Å². The smallest absolute Gasteiger partial charge is 0.337 e. The van der Waals surface area contributed by atoms with E-state index in [1.807, 2.05) is 0 Å². The number of aromatic carboxylic acids is 1. The van der Waals surface area contributed by atoms with Gasteiger partial charge in [-0.05, 0) is 12.1 Å². The second-order valence-corrected chi connectivity index (χ2v) is 5.20. The minimum Gasteiger partial charge on any atom is -0.478 e. The average Bonchev–Trinajstić information content (AvgIpc) is 2.77. The third-order valence-electron chi connectivity index (χ3n) is 3.16. The summed E-state index contributed by atoms with van der Waals surface area (Å²) in [5.74, 6) is -4.34. The van der Waals surface area contributed by atoms with Crippen molar-refractivity contribution in [3.05, 3.63) is 29.6 Å². The van der Waals surface area contributed by atoms with E-state index < -0.39 is 25.0 Å². The largest absolute Gasteiger partial charge is 0.478 e. The van der Waals surface area contributed by atoms with Crippen molar-refractivity contribution in [2.45, 2.75) is 32.2 Å². The Morgan fingerprint density at radius 1 is 1.43 bits per heavy atom. The summed E-state index contributed by atoms with van der Waals surface area (Å²) in [7, 11) is 0. The first-order chi connectivity index (χ1) is 9.76. The van der Waals surface area contributed by atoms with Crippen molar-refractivity contribution in [2.75, 3.05) is 6.61 Å². The zero-order valence-corrected chi connectivity index (χ0v) is 11.7. The number of nitrogens with zero attached hydrogens (tertiary/aromatic N) is 2. The van der Waals surface area contributed by atoms with Gasteiger partial charge in [-0.15, -0.1) is 0 Å². The molecule has 1 aromatic heterocycles. The van der Waals surface area contributed by atoms with E-state index >= 15 is 0 Å².